The molecule has 1 saturated carbocycles. The lowest BCUT2D eigenvalue weighted by atomic mass is 9.76. The van der Waals surface area contributed by atoms with Gasteiger partial charge >= 0.3 is 0 Å². The number of piperidine rings is 1. The van der Waals surface area contributed by atoms with Gasteiger partial charge in [-0.3, -0.25) is 14.5 Å². The molecule has 1 spiro atoms. The van der Waals surface area contributed by atoms with E-state index in [9.17, 15) is 9.59 Å². The van der Waals surface area contributed by atoms with Crippen molar-refractivity contribution < 1.29 is 9.59 Å². The highest BCUT2D eigenvalue weighted by Gasteiger charge is 2.44. The third kappa shape index (κ3) is 2.91. The largest absolute Gasteiger partial charge is 0.309 e. The summed E-state index contributed by atoms with van der Waals surface area (Å²) in [5.74, 6) is 0.124. The van der Waals surface area contributed by atoms with Crippen molar-refractivity contribution >= 4 is 11.8 Å². The lowest BCUT2D eigenvalue weighted by molar-refractivity contribution is -0.153. The second-order valence-corrected chi connectivity index (χ2v) is 6.16. The second-order valence-electron chi connectivity index (χ2n) is 6.16. The Morgan fingerprint density at radius 3 is 2.17 bits per heavy atom. The van der Waals surface area contributed by atoms with Crippen molar-refractivity contribution in [1.29, 1.82) is 0 Å². The molecule has 2 fully saturated rings. The molecule has 18 heavy (non-hydrogen) atoms. The first kappa shape index (κ1) is 13.5. The summed E-state index contributed by atoms with van der Waals surface area (Å²) in [6, 6.07) is 0. The quantitative estimate of drug-likeness (QED) is 0.714. The van der Waals surface area contributed by atoms with Crippen molar-refractivity contribution in [3.63, 3.8) is 0 Å². The molecule has 4 nitrogen and oxygen atoms in total. The van der Waals surface area contributed by atoms with E-state index in [-0.39, 0.29) is 17.2 Å². The molecule has 1 saturated heterocycles. The highest BCUT2D eigenvalue weighted by molar-refractivity contribution is 5.98. The molecule has 0 N–H and O–H groups in total. The molecule has 0 bridgehead atoms. The van der Waals surface area contributed by atoms with E-state index in [2.05, 4.69) is 4.90 Å². The maximum Gasteiger partial charge on any atom is 0.229 e. The highest BCUT2D eigenvalue weighted by Crippen LogP contribution is 2.46. The number of hydrogen-bond donors (Lipinski definition) is 0. The zero-order valence-electron chi connectivity index (χ0n) is 11.6. The Morgan fingerprint density at radius 1 is 1.11 bits per heavy atom. The van der Waals surface area contributed by atoms with Gasteiger partial charge in [-0.1, -0.05) is 12.8 Å². The van der Waals surface area contributed by atoms with Gasteiger partial charge in [0.1, 0.15) is 0 Å². The molecule has 0 unspecified atom stereocenters. The molecule has 2 aliphatic rings. The van der Waals surface area contributed by atoms with Crippen molar-refractivity contribution in [2.45, 2.75) is 44.9 Å². The van der Waals surface area contributed by atoms with Crippen molar-refractivity contribution in [2.24, 2.45) is 5.41 Å². The SMILES string of the molecule is CN(C)CCCN1C(=O)CC2(CCCC2)CC1=O. The van der Waals surface area contributed by atoms with Crippen LogP contribution in [0.2, 0.25) is 0 Å². The van der Waals surface area contributed by atoms with E-state index in [1.807, 2.05) is 14.1 Å². The molecular weight excluding hydrogens is 228 g/mol. The van der Waals surface area contributed by atoms with Gasteiger partial charge < -0.3 is 4.90 Å². The summed E-state index contributed by atoms with van der Waals surface area (Å²) in [6.07, 6.45) is 6.56. The maximum absolute atomic E-state index is 12.1. The Bertz CT molecular complexity index is 313. The first-order chi connectivity index (χ1) is 8.52. The predicted molar refractivity (Wildman–Crippen MR) is 70.0 cm³/mol. The normalized spacial score (nSPS) is 23.4. The number of rotatable bonds is 4. The third-order valence-electron chi connectivity index (χ3n) is 4.31. The molecule has 0 aromatic heterocycles. The van der Waals surface area contributed by atoms with Gasteiger partial charge in [-0.2, -0.15) is 0 Å². The summed E-state index contributed by atoms with van der Waals surface area (Å²) in [4.78, 5) is 27.8. The van der Waals surface area contributed by atoms with Crippen molar-refractivity contribution in [2.75, 3.05) is 27.2 Å². The van der Waals surface area contributed by atoms with Gasteiger partial charge in [0.2, 0.25) is 11.8 Å². The van der Waals surface area contributed by atoms with E-state index >= 15 is 0 Å². The van der Waals surface area contributed by atoms with E-state index in [1.54, 1.807) is 0 Å². The zero-order valence-corrected chi connectivity index (χ0v) is 11.6. The molecule has 0 radical (unpaired) electrons. The Morgan fingerprint density at radius 2 is 1.67 bits per heavy atom. The summed E-state index contributed by atoms with van der Waals surface area (Å²) in [5, 5.41) is 0. The van der Waals surface area contributed by atoms with Crippen LogP contribution in [0.1, 0.15) is 44.9 Å². The van der Waals surface area contributed by atoms with Crippen molar-refractivity contribution in [1.82, 2.24) is 9.80 Å². The first-order valence-corrected chi connectivity index (χ1v) is 7.00. The number of carbonyl (C=O) groups is 2. The van der Waals surface area contributed by atoms with Gasteiger partial charge in [-0.25, -0.2) is 0 Å². The molecule has 0 aromatic carbocycles. The lowest BCUT2D eigenvalue weighted by Gasteiger charge is -2.37. The summed E-state index contributed by atoms with van der Waals surface area (Å²) >= 11 is 0. The molecule has 102 valence electrons. The lowest BCUT2D eigenvalue weighted by Crippen LogP contribution is -2.47. The average molecular weight is 252 g/mol. The van der Waals surface area contributed by atoms with Crippen LogP contribution in [0.4, 0.5) is 0 Å². The minimum atomic E-state index is 0.0339. The molecule has 1 aliphatic heterocycles. The number of carbonyl (C=O) groups excluding carboxylic acids is 2. The van der Waals surface area contributed by atoms with E-state index in [0.717, 1.165) is 25.8 Å². The standard InChI is InChI=1S/C14H24N2O2/c1-15(2)8-5-9-16-12(17)10-14(11-13(16)18)6-3-4-7-14/h3-11H2,1-2H3. The summed E-state index contributed by atoms with van der Waals surface area (Å²) < 4.78 is 0. The molecule has 1 heterocycles. The minimum Gasteiger partial charge on any atom is -0.309 e. The Balaban J connectivity index is 1.90. The third-order valence-corrected chi connectivity index (χ3v) is 4.31. The molecule has 1 aliphatic carbocycles. The number of hydrogen-bond acceptors (Lipinski definition) is 3. The first-order valence-electron chi connectivity index (χ1n) is 7.00. The Kier molecular flexibility index (Phi) is 4.05. The van der Waals surface area contributed by atoms with Crippen LogP contribution in [-0.2, 0) is 9.59 Å². The monoisotopic (exact) mass is 252 g/mol. The number of nitrogens with zero attached hydrogens (tertiary/aromatic N) is 2. The van der Waals surface area contributed by atoms with Crippen LogP contribution in [0.25, 0.3) is 0 Å². The number of amides is 2. The summed E-state index contributed by atoms with van der Waals surface area (Å²) in [6.45, 7) is 1.51. The zero-order chi connectivity index (χ0) is 13.2. The highest BCUT2D eigenvalue weighted by atomic mass is 16.2. The van der Waals surface area contributed by atoms with Crippen LogP contribution in [-0.4, -0.2) is 48.8 Å². The molecule has 2 rings (SSSR count). The van der Waals surface area contributed by atoms with Crippen molar-refractivity contribution in [3.05, 3.63) is 0 Å². The van der Waals surface area contributed by atoms with Crippen LogP contribution < -0.4 is 0 Å². The predicted octanol–water partition coefficient (Wildman–Crippen LogP) is 1.65. The van der Waals surface area contributed by atoms with Gasteiger partial charge in [-0.15, -0.1) is 0 Å². The van der Waals surface area contributed by atoms with E-state index in [1.165, 1.54) is 17.7 Å². The van der Waals surface area contributed by atoms with Crippen LogP contribution >= 0.6 is 0 Å². The smallest absolute Gasteiger partial charge is 0.229 e. The van der Waals surface area contributed by atoms with Gasteiger partial charge in [-0.05, 0) is 45.3 Å². The van der Waals surface area contributed by atoms with E-state index in [0.29, 0.717) is 19.4 Å². The molecule has 0 aromatic rings. The summed E-state index contributed by atoms with van der Waals surface area (Å²) in [7, 11) is 4.01. The van der Waals surface area contributed by atoms with Gasteiger partial charge in [0.05, 0.1) is 0 Å². The van der Waals surface area contributed by atoms with Crippen LogP contribution in [0, 0.1) is 5.41 Å². The molecule has 4 heteroatoms. The number of imide groups is 1. The van der Waals surface area contributed by atoms with Gasteiger partial charge in [0.25, 0.3) is 0 Å². The fraction of sp³-hybridized carbons (Fsp3) is 0.857. The topological polar surface area (TPSA) is 40.6 Å². The minimum absolute atomic E-state index is 0.0339. The van der Waals surface area contributed by atoms with Crippen LogP contribution in [0.3, 0.4) is 0 Å². The van der Waals surface area contributed by atoms with E-state index < -0.39 is 0 Å². The van der Waals surface area contributed by atoms with Gasteiger partial charge in [0.15, 0.2) is 0 Å². The molecule has 0 atom stereocenters. The average Bonchev–Trinajstić information content (AvgIpc) is 2.70. The van der Waals surface area contributed by atoms with Gasteiger partial charge in [0, 0.05) is 19.4 Å². The fourth-order valence-corrected chi connectivity index (χ4v) is 3.31. The summed E-state index contributed by atoms with van der Waals surface area (Å²) in [5.41, 5.74) is 0.0339. The Hall–Kier alpha value is -0.900. The van der Waals surface area contributed by atoms with Crippen LogP contribution in [0.15, 0.2) is 0 Å². The number of likely N-dealkylation sites (tertiary alicyclic amines) is 1. The maximum atomic E-state index is 12.1. The van der Waals surface area contributed by atoms with Crippen molar-refractivity contribution in [3.8, 4) is 0 Å². The second kappa shape index (κ2) is 5.39. The fourth-order valence-electron chi connectivity index (χ4n) is 3.31. The molecule has 2 amide bonds. The van der Waals surface area contributed by atoms with E-state index in [4.69, 9.17) is 0 Å². The Labute approximate surface area is 109 Å². The molecular formula is C14H24N2O2. The van der Waals surface area contributed by atoms with Crippen LogP contribution in [0.5, 0.6) is 0 Å².